The predicted octanol–water partition coefficient (Wildman–Crippen LogP) is 1.76. The molecule has 0 unspecified atom stereocenters. The fraction of sp³-hybridized carbons (Fsp3) is 0.312. The Morgan fingerprint density at radius 3 is 2.68 bits per heavy atom. The standard InChI is InChI=1S/C16H19N3O3/c1-11-4-5-13(10-12(11)2)17-16(21)14-6-7-15(20)19(18-14)8-9-22-3/h4-7,10H,8-9H2,1-3H3,(H,17,21). The molecular weight excluding hydrogens is 282 g/mol. The van der Waals surface area contributed by atoms with Gasteiger partial charge in [-0.15, -0.1) is 0 Å². The molecule has 6 heteroatoms. The summed E-state index contributed by atoms with van der Waals surface area (Å²) in [6.45, 7) is 4.65. The van der Waals surface area contributed by atoms with Gasteiger partial charge >= 0.3 is 0 Å². The van der Waals surface area contributed by atoms with E-state index in [1.54, 1.807) is 7.11 Å². The monoisotopic (exact) mass is 301 g/mol. The molecule has 0 fully saturated rings. The number of amides is 1. The molecule has 0 atom stereocenters. The molecule has 0 aliphatic heterocycles. The molecule has 1 heterocycles. The minimum atomic E-state index is -0.352. The minimum absolute atomic E-state index is 0.189. The number of hydrogen-bond donors (Lipinski definition) is 1. The second-order valence-electron chi connectivity index (χ2n) is 5.03. The van der Waals surface area contributed by atoms with Crippen LogP contribution in [-0.4, -0.2) is 29.4 Å². The zero-order valence-electron chi connectivity index (χ0n) is 12.9. The first-order valence-electron chi connectivity index (χ1n) is 6.97. The number of aromatic nitrogens is 2. The molecule has 0 aliphatic rings. The Morgan fingerprint density at radius 2 is 2.00 bits per heavy atom. The van der Waals surface area contributed by atoms with Crippen LogP contribution < -0.4 is 10.9 Å². The van der Waals surface area contributed by atoms with Gasteiger partial charge in [0.05, 0.1) is 13.2 Å². The Kier molecular flexibility index (Phi) is 5.06. The van der Waals surface area contributed by atoms with Crippen LogP contribution in [0.1, 0.15) is 21.6 Å². The van der Waals surface area contributed by atoms with Crippen LogP contribution in [0.15, 0.2) is 35.1 Å². The number of rotatable bonds is 5. The number of ether oxygens (including phenoxy) is 1. The Bertz CT molecular complexity index is 738. The maximum atomic E-state index is 12.2. The van der Waals surface area contributed by atoms with Crippen molar-refractivity contribution in [2.45, 2.75) is 20.4 Å². The van der Waals surface area contributed by atoms with Gasteiger partial charge in [-0.25, -0.2) is 4.68 Å². The maximum Gasteiger partial charge on any atom is 0.276 e. The Labute approximate surface area is 128 Å². The van der Waals surface area contributed by atoms with Gasteiger partial charge in [0.15, 0.2) is 0 Å². The molecule has 0 saturated heterocycles. The molecule has 116 valence electrons. The number of hydrogen-bond acceptors (Lipinski definition) is 4. The summed E-state index contributed by atoms with van der Waals surface area (Å²) >= 11 is 0. The Hall–Kier alpha value is -2.47. The van der Waals surface area contributed by atoms with Crippen molar-refractivity contribution in [3.8, 4) is 0 Å². The van der Waals surface area contributed by atoms with E-state index in [4.69, 9.17) is 4.74 Å². The van der Waals surface area contributed by atoms with E-state index in [0.29, 0.717) is 18.8 Å². The van der Waals surface area contributed by atoms with Crippen LogP contribution in [-0.2, 0) is 11.3 Å². The minimum Gasteiger partial charge on any atom is -0.383 e. The SMILES string of the molecule is COCCn1nc(C(=O)Nc2ccc(C)c(C)c2)ccc1=O. The van der Waals surface area contributed by atoms with Gasteiger partial charge in [-0.05, 0) is 43.2 Å². The first-order chi connectivity index (χ1) is 10.5. The largest absolute Gasteiger partial charge is 0.383 e. The molecule has 6 nitrogen and oxygen atoms in total. The fourth-order valence-electron chi connectivity index (χ4n) is 1.92. The highest BCUT2D eigenvalue weighted by atomic mass is 16.5. The summed E-state index contributed by atoms with van der Waals surface area (Å²) < 4.78 is 6.14. The molecule has 0 saturated carbocycles. The van der Waals surface area contributed by atoms with Gasteiger partial charge in [0.2, 0.25) is 0 Å². The van der Waals surface area contributed by atoms with E-state index in [9.17, 15) is 9.59 Å². The highest BCUT2D eigenvalue weighted by molar-refractivity contribution is 6.02. The van der Waals surface area contributed by atoms with Crippen molar-refractivity contribution >= 4 is 11.6 Å². The average molecular weight is 301 g/mol. The van der Waals surface area contributed by atoms with Crippen LogP contribution >= 0.6 is 0 Å². The molecule has 0 bridgehead atoms. The van der Waals surface area contributed by atoms with E-state index < -0.39 is 0 Å². The number of aryl methyl sites for hydroxylation is 2. The normalized spacial score (nSPS) is 10.5. The fourth-order valence-corrected chi connectivity index (χ4v) is 1.92. The summed E-state index contributed by atoms with van der Waals surface area (Å²) in [7, 11) is 1.54. The van der Waals surface area contributed by atoms with Gasteiger partial charge in [-0.1, -0.05) is 6.07 Å². The third-order valence-corrected chi connectivity index (χ3v) is 3.37. The number of carbonyl (C=O) groups excluding carboxylic acids is 1. The Balaban J connectivity index is 2.18. The van der Waals surface area contributed by atoms with E-state index in [1.807, 2.05) is 32.0 Å². The first-order valence-corrected chi connectivity index (χ1v) is 6.97. The van der Waals surface area contributed by atoms with Crippen LogP contribution in [0.25, 0.3) is 0 Å². The third-order valence-electron chi connectivity index (χ3n) is 3.37. The van der Waals surface area contributed by atoms with Crippen molar-refractivity contribution in [1.29, 1.82) is 0 Å². The summed E-state index contributed by atoms with van der Waals surface area (Å²) in [5.74, 6) is -0.352. The Morgan fingerprint density at radius 1 is 1.23 bits per heavy atom. The van der Waals surface area contributed by atoms with E-state index in [0.717, 1.165) is 11.1 Å². The molecule has 1 aromatic heterocycles. The van der Waals surface area contributed by atoms with Crippen LogP contribution in [0.3, 0.4) is 0 Å². The molecule has 22 heavy (non-hydrogen) atoms. The van der Waals surface area contributed by atoms with E-state index >= 15 is 0 Å². The van der Waals surface area contributed by atoms with Crippen molar-refractivity contribution in [2.24, 2.45) is 0 Å². The number of anilines is 1. The van der Waals surface area contributed by atoms with Gasteiger partial charge in [-0.2, -0.15) is 5.10 Å². The quantitative estimate of drug-likeness (QED) is 0.913. The number of nitrogens with zero attached hydrogens (tertiary/aromatic N) is 2. The van der Waals surface area contributed by atoms with Gasteiger partial charge in [0.1, 0.15) is 5.69 Å². The van der Waals surface area contributed by atoms with Crippen LogP contribution in [0.5, 0.6) is 0 Å². The maximum absolute atomic E-state index is 12.2. The second-order valence-corrected chi connectivity index (χ2v) is 5.03. The molecule has 2 aromatic rings. The number of carbonyl (C=O) groups is 1. The lowest BCUT2D eigenvalue weighted by Crippen LogP contribution is -2.27. The van der Waals surface area contributed by atoms with E-state index in [2.05, 4.69) is 10.4 Å². The first kappa shape index (κ1) is 15.9. The average Bonchev–Trinajstić information content (AvgIpc) is 2.50. The van der Waals surface area contributed by atoms with Crippen molar-refractivity contribution in [3.05, 3.63) is 57.5 Å². The van der Waals surface area contributed by atoms with Crippen LogP contribution in [0, 0.1) is 13.8 Å². The van der Waals surface area contributed by atoms with Gasteiger partial charge < -0.3 is 10.1 Å². The lowest BCUT2D eigenvalue weighted by atomic mass is 10.1. The summed E-state index contributed by atoms with van der Waals surface area (Å²) in [5, 5.41) is 6.84. The lowest BCUT2D eigenvalue weighted by Gasteiger charge is -2.09. The molecular formula is C16H19N3O3. The predicted molar refractivity (Wildman–Crippen MR) is 84.2 cm³/mol. The summed E-state index contributed by atoms with van der Waals surface area (Å²) in [5.41, 5.74) is 2.87. The van der Waals surface area contributed by atoms with Crippen molar-refractivity contribution in [1.82, 2.24) is 9.78 Å². The smallest absolute Gasteiger partial charge is 0.276 e. The molecule has 1 N–H and O–H groups in total. The number of benzene rings is 1. The third kappa shape index (κ3) is 3.79. The van der Waals surface area contributed by atoms with Crippen molar-refractivity contribution in [2.75, 3.05) is 19.0 Å². The van der Waals surface area contributed by atoms with Gasteiger partial charge in [-0.3, -0.25) is 9.59 Å². The summed E-state index contributed by atoms with van der Waals surface area (Å²) in [6.07, 6.45) is 0. The van der Waals surface area contributed by atoms with E-state index in [1.165, 1.54) is 16.8 Å². The zero-order chi connectivity index (χ0) is 16.1. The molecule has 0 aliphatic carbocycles. The van der Waals surface area contributed by atoms with Gasteiger partial charge in [0.25, 0.3) is 11.5 Å². The molecule has 0 spiro atoms. The second kappa shape index (κ2) is 7.00. The summed E-state index contributed by atoms with van der Waals surface area (Å²) in [4.78, 5) is 23.9. The molecule has 2 rings (SSSR count). The van der Waals surface area contributed by atoms with Crippen molar-refractivity contribution < 1.29 is 9.53 Å². The van der Waals surface area contributed by atoms with Crippen LogP contribution in [0.4, 0.5) is 5.69 Å². The highest BCUT2D eigenvalue weighted by Gasteiger charge is 2.10. The molecule has 1 amide bonds. The van der Waals surface area contributed by atoms with Crippen LogP contribution in [0.2, 0.25) is 0 Å². The number of nitrogens with one attached hydrogen (secondary N) is 1. The highest BCUT2D eigenvalue weighted by Crippen LogP contribution is 2.14. The number of methoxy groups -OCH3 is 1. The topological polar surface area (TPSA) is 73.2 Å². The molecule has 0 radical (unpaired) electrons. The summed E-state index contributed by atoms with van der Waals surface area (Å²) in [6, 6.07) is 8.42. The van der Waals surface area contributed by atoms with Gasteiger partial charge in [0, 0.05) is 18.9 Å². The molecule has 1 aromatic carbocycles. The van der Waals surface area contributed by atoms with E-state index in [-0.39, 0.29) is 17.2 Å². The van der Waals surface area contributed by atoms with Crippen molar-refractivity contribution in [3.63, 3.8) is 0 Å². The zero-order valence-corrected chi connectivity index (χ0v) is 12.9. The lowest BCUT2D eigenvalue weighted by molar-refractivity contribution is 0.101.